The predicted octanol–water partition coefficient (Wildman–Crippen LogP) is 6.49. The Morgan fingerprint density at radius 2 is 1.47 bits per heavy atom. The van der Waals surface area contributed by atoms with Crippen LogP contribution in [0, 0.1) is 16.7 Å². The SMILES string of the molecule is CCCCC1CCC2(CCC3(CCCCC3)CC2)C1. The van der Waals surface area contributed by atoms with E-state index < -0.39 is 0 Å². The minimum Gasteiger partial charge on any atom is -0.0654 e. The highest BCUT2D eigenvalue weighted by Gasteiger charge is 2.46. The Labute approximate surface area is 120 Å². The topological polar surface area (TPSA) is 0 Å². The van der Waals surface area contributed by atoms with Gasteiger partial charge in [0.05, 0.1) is 0 Å². The van der Waals surface area contributed by atoms with Crippen LogP contribution in [0.25, 0.3) is 0 Å². The second-order valence-corrected chi connectivity index (χ2v) is 8.31. The summed E-state index contributed by atoms with van der Waals surface area (Å²) < 4.78 is 0. The molecule has 110 valence electrons. The van der Waals surface area contributed by atoms with Gasteiger partial charge in [0.25, 0.3) is 0 Å². The van der Waals surface area contributed by atoms with E-state index in [1.165, 1.54) is 38.5 Å². The third-order valence-corrected chi connectivity index (χ3v) is 7.06. The van der Waals surface area contributed by atoms with Gasteiger partial charge in [-0.05, 0) is 74.5 Å². The molecule has 0 aromatic carbocycles. The highest BCUT2D eigenvalue weighted by molar-refractivity contribution is 4.97. The Kier molecular flexibility index (Phi) is 4.25. The maximum Gasteiger partial charge on any atom is -0.0294 e. The van der Waals surface area contributed by atoms with Crippen LogP contribution in [0.1, 0.15) is 103 Å². The molecule has 2 spiro atoms. The lowest BCUT2D eigenvalue weighted by Crippen LogP contribution is -2.34. The van der Waals surface area contributed by atoms with E-state index in [9.17, 15) is 0 Å². The molecule has 3 fully saturated rings. The molecular weight excluding hydrogens is 228 g/mol. The van der Waals surface area contributed by atoms with Crippen molar-refractivity contribution in [1.82, 2.24) is 0 Å². The van der Waals surface area contributed by atoms with Gasteiger partial charge < -0.3 is 0 Å². The standard InChI is InChI=1S/C19H34/c1-2-3-7-17-8-11-19(16-17)14-12-18(13-15-19)9-5-4-6-10-18/h17H,2-16H2,1H3. The fourth-order valence-corrected chi connectivity index (χ4v) is 5.63. The summed E-state index contributed by atoms with van der Waals surface area (Å²) >= 11 is 0. The minimum absolute atomic E-state index is 0.821. The van der Waals surface area contributed by atoms with E-state index in [-0.39, 0.29) is 0 Å². The Bertz CT molecular complexity index is 274. The van der Waals surface area contributed by atoms with Gasteiger partial charge in [-0.1, -0.05) is 45.4 Å². The largest absolute Gasteiger partial charge is 0.0654 e. The van der Waals surface area contributed by atoms with Crippen molar-refractivity contribution in [2.75, 3.05) is 0 Å². The van der Waals surface area contributed by atoms with Crippen molar-refractivity contribution >= 4 is 0 Å². The first kappa shape index (κ1) is 14.0. The molecule has 3 saturated carbocycles. The molecule has 0 aliphatic heterocycles. The van der Waals surface area contributed by atoms with Crippen molar-refractivity contribution in [3.8, 4) is 0 Å². The zero-order chi connectivity index (χ0) is 13.2. The summed E-state index contributed by atoms with van der Waals surface area (Å²) in [7, 11) is 0. The summed E-state index contributed by atoms with van der Waals surface area (Å²) in [6.07, 6.45) is 23.2. The fourth-order valence-electron chi connectivity index (χ4n) is 5.63. The molecule has 0 amide bonds. The zero-order valence-corrected chi connectivity index (χ0v) is 13.2. The van der Waals surface area contributed by atoms with E-state index in [1.54, 1.807) is 57.8 Å². The van der Waals surface area contributed by atoms with Gasteiger partial charge in [0.1, 0.15) is 0 Å². The van der Waals surface area contributed by atoms with Crippen LogP contribution in [0.3, 0.4) is 0 Å². The highest BCUT2D eigenvalue weighted by Crippen LogP contribution is 2.59. The van der Waals surface area contributed by atoms with E-state index in [2.05, 4.69) is 6.92 Å². The first-order valence-electron chi connectivity index (χ1n) is 9.26. The Morgan fingerprint density at radius 1 is 0.789 bits per heavy atom. The van der Waals surface area contributed by atoms with Gasteiger partial charge in [-0.3, -0.25) is 0 Å². The van der Waals surface area contributed by atoms with Crippen LogP contribution in [0.15, 0.2) is 0 Å². The Morgan fingerprint density at radius 3 is 2.16 bits per heavy atom. The van der Waals surface area contributed by atoms with E-state index in [4.69, 9.17) is 0 Å². The van der Waals surface area contributed by atoms with Crippen LogP contribution in [0.4, 0.5) is 0 Å². The van der Waals surface area contributed by atoms with Crippen molar-refractivity contribution in [3.63, 3.8) is 0 Å². The van der Waals surface area contributed by atoms with Gasteiger partial charge in [0, 0.05) is 0 Å². The van der Waals surface area contributed by atoms with Gasteiger partial charge in [0.2, 0.25) is 0 Å². The van der Waals surface area contributed by atoms with E-state index in [0.717, 1.165) is 16.7 Å². The molecule has 19 heavy (non-hydrogen) atoms. The molecule has 3 aliphatic carbocycles. The monoisotopic (exact) mass is 262 g/mol. The number of rotatable bonds is 3. The van der Waals surface area contributed by atoms with Crippen LogP contribution in [0.2, 0.25) is 0 Å². The van der Waals surface area contributed by atoms with Gasteiger partial charge in [-0.15, -0.1) is 0 Å². The summed E-state index contributed by atoms with van der Waals surface area (Å²) in [5.41, 5.74) is 1.64. The average Bonchev–Trinajstić information content (AvgIpc) is 2.85. The van der Waals surface area contributed by atoms with Crippen LogP contribution >= 0.6 is 0 Å². The average molecular weight is 262 g/mol. The molecule has 1 atom stereocenters. The predicted molar refractivity (Wildman–Crippen MR) is 83.3 cm³/mol. The van der Waals surface area contributed by atoms with Gasteiger partial charge in [-0.2, -0.15) is 0 Å². The van der Waals surface area contributed by atoms with Crippen molar-refractivity contribution in [3.05, 3.63) is 0 Å². The van der Waals surface area contributed by atoms with E-state index in [1.807, 2.05) is 0 Å². The molecule has 0 heterocycles. The van der Waals surface area contributed by atoms with Gasteiger partial charge in [0.15, 0.2) is 0 Å². The summed E-state index contributed by atoms with van der Waals surface area (Å²) in [6, 6.07) is 0. The molecule has 3 rings (SSSR count). The summed E-state index contributed by atoms with van der Waals surface area (Å²) in [6.45, 7) is 2.35. The Balaban J connectivity index is 1.52. The number of hydrogen-bond acceptors (Lipinski definition) is 0. The first-order valence-corrected chi connectivity index (χ1v) is 9.26. The number of unbranched alkanes of at least 4 members (excludes halogenated alkanes) is 1. The molecule has 0 saturated heterocycles. The second-order valence-electron chi connectivity index (χ2n) is 8.31. The van der Waals surface area contributed by atoms with Gasteiger partial charge in [-0.25, -0.2) is 0 Å². The van der Waals surface area contributed by atoms with Crippen molar-refractivity contribution in [2.24, 2.45) is 16.7 Å². The van der Waals surface area contributed by atoms with Crippen molar-refractivity contribution in [2.45, 2.75) is 103 Å². The second kappa shape index (κ2) is 5.78. The van der Waals surface area contributed by atoms with Crippen molar-refractivity contribution in [1.29, 1.82) is 0 Å². The smallest absolute Gasteiger partial charge is 0.0294 e. The molecule has 0 N–H and O–H groups in total. The molecule has 3 aliphatic rings. The number of hydrogen-bond donors (Lipinski definition) is 0. The molecule has 0 bridgehead atoms. The molecule has 0 heteroatoms. The first-order chi connectivity index (χ1) is 9.26. The molecule has 0 aromatic heterocycles. The summed E-state index contributed by atoms with van der Waals surface area (Å²) in [5.74, 6) is 1.10. The molecule has 1 unspecified atom stereocenters. The summed E-state index contributed by atoms with van der Waals surface area (Å²) in [5, 5.41) is 0. The maximum atomic E-state index is 2.35. The zero-order valence-electron chi connectivity index (χ0n) is 13.2. The maximum absolute atomic E-state index is 2.35. The lowest BCUT2D eigenvalue weighted by atomic mass is 9.58. The van der Waals surface area contributed by atoms with Crippen LogP contribution in [-0.4, -0.2) is 0 Å². The molecule has 0 radical (unpaired) electrons. The third-order valence-electron chi connectivity index (χ3n) is 7.06. The third kappa shape index (κ3) is 3.03. The van der Waals surface area contributed by atoms with Crippen molar-refractivity contribution < 1.29 is 0 Å². The summed E-state index contributed by atoms with van der Waals surface area (Å²) in [4.78, 5) is 0. The highest BCUT2D eigenvalue weighted by atomic mass is 14.5. The van der Waals surface area contributed by atoms with Crippen LogP contribution < -0.4 is 0 Å². The molecular formula is C19H34. The normalized spacial score (nSPS) is 33.0. The van der Waals surface area contributed by atoms with Gasteiger partial charge >= 0.3 is 0 Å². The van der Waals surface area contributed by atoms with Crippen LogP contribution in [0.5, 0.6) is 0 Å². The lowest BCUT2D eigenvalue weighted by molar-refractivity contribution is 0.0464. The van der Waals surface area contributed by atoms with Crippen LogP contribution in [-0.2, 0) is 0 Å². The van der Waals surface area contributed by atoms with E-state index >= 15 is 0 Å². The minimum atomic E-state index is 0.821. The quantitative estimate of drug-likeness (QED) is 0.545. The molecule has 0 aromatic rings. The van der Waals surface area contributed by atoms with E-state index in [0.29, 0.717) is 0 Å². The Hall–Kier alpha value is 0. The fraction of sp³-hybridized carbons (Fsp3) is 1.00. The molecule has 0 nitrogen and oxygen atoms in total. The lowest BCUT2D eigenvalue weighted by Gasteiger charge is -2.47.